The summed E-state index contributed by atoms with van der Waals surface area (Å²) in [5, 5.41) is 0. The number of aromatic nitrogens is 1. The van der Waals surface area contributed by atoms with E-state index in [1.54, 1.807) is 0 Å². The van der Waals surface area contributed by atoms with Crippen molar-refractivity contribution >= 4 is 0 Å². The molecule has 1 aliphatic carbocycles. The van der Waals surface area contributed by atoms with Gasteiger partial charge in [-0.15, -0.1) is 6.58 Å². The van der Waals surface area contributed by atoms with Crippen molar-refractivity contribution in [2.45, 2.75) is 19.3 Å². The molecule has 1 aromatic heterocycles. The van der Waals surface area contributed by atoms with Gasteiger partial charge in [-0.2, -0.15) is 0 Å². The molecule has 0 saturated carbocycles. The molecule has 0 aliphatic heterocycles. The van der Waals surface area contributed by atoms with Gasteiger partial charge in [0.2, 0.25) is 0 Å². The number of rotatable bonds is 1. The minimum Gasteiger partial charge on any atom is -0.261 e. The average Bonchev–Trinajstić information content (AvgIpc) is 2.17. The van der Waals surface area contributed by atoms with Crippen LogP contribution in [0.1, 0.15) is 17.7 Å². The van der Waals surface area contributed by atoms with Gasteiger partial charge in [0.1, 0.15) is 0 Å². The molecule has 62 valence electrons. The normalized spacial score (nSPS) is 21.5. The molecule has 1 heteroatoms. The Kier molecular flexibility index (Phi) is 1.94. The Morgan fingerprint density at radius 2 is 2.50 bits per heavy atom. The molecule has 1 heterocycles. The number of aryl methyl sites for hydroxylation is 1. The molecule has 0 amide bonds. The summed E-state index contributed by atoms with van der Waals surface area (Å²) in [6.45, 7) is 3.84. The first-order valence-corrected chi connectivity index (χ1v) is 4.45. The van der Waals surface area contributed by atoms with E-state index in [2.05, 4.69) is 23.7 Å². The maximum absolute atomic E-state index is 4.35. The number of hydrogen-bond acceptors (Lipinski definition) is 1. The van der Waals surface area contributed by atoms with Gasteiger partial charge < -0.3 is 0 Å². The van der Waals surface area contributed by atoms with E-state index in [0.29, 0.717) is 5.92 Å². The molecule has 0 bridgehead atoms. The van der Waals surface area contributed by atoms with E-state index in [0.717, 1.165) is 12.8 Å². The Morgan fingerprint density at radius 1 is 1.58 bits per heavy atom. The highest BCUT2D eigenvalue weighted by Crippen LogP contribution is 2.23. The summed E-state index contributed by atoms with van der Waals surface area (Å²) in [6, 6.07) is 4.20. The van der Waals surface area contributed by atoms with Crippen LogP contribution < -0.4 is 0 Å². The van der Waals surface area contributed by atoms with E-state index in [1.807, 2.05) is 12.3 Å². The second-order valence-electron chi connectivity index (χ2n) is 3.35. The van der Waals surface area contributed by atoms with Crippen molar-refractivity contribution in [3.63, 3.8) is 0 Å². The third-order valence-electron chi connectivity index (χ3n) is 2.55. The van der Waals surface area contributed by atoms with Gasteiger partial charge in [-0.05, 0) is 36.8 Å². The molecule has 0 spiro atoms. The lowest BCUT2D eigenvalue weighted by atomic mass is 9.87. The summed E-state index contributed by atoms with van der Waals surface area (Å²) in [5.41, 5.74) is 2.70. The Bertz CT molecular complexity index is 291. The van der Waals surface area contributed by atoms with Gasteiger partial charge in [-0.25, -0.2) is 0 Å². The molecular weight excluding hydrogens is 146 g/mol. The van der Waals surface area contributed by atoms with Crippen LogP contribution in [0.3, 0.4) is 0 Å². The minimum atomic E-state index is 0.668. The molecule has 1 aromatic rings. The molecule has 12 heavy (non-hydrogen) atoms. The first kappa shape index (κ1) is 7.53. The quantitative estimate of drug-likeness (QED) is 0.573. The number of pyridine rings is 1. The molecule has 0 aromatic carbocycles. The van der Waals surface area contributed by atoms with Crippen LogP contribution in [0.2, 0.25) is 0 Å². The third kappa shape index (κ3) is 1.27. The lowest BCUT2D eigenvalue weighted by Gasteiger charge is -2.20. The van der Waals surface area contributed by atoms with Crippen molar-refractivity contribution in [2.75, 3.05) is 0 Å². The van der Waals surface area contributed by atoms with Gasteiger partial charge in [0.05, 0.1) is 0 Å². The Morgan fingerprint density at radius 3 is 3.33 bits per heavy atom. The van der Waals surface area contributed by atoms with E-state index in [-0.39, 0.29) is 0 Å². The summed E-state index contributed by atoms with van der Waals surface area (Å²) >= 11 is 0. The standard InChI is InChI=1S/C11H13N/c1-2-9-5-6-11-10(8-9)4-3-7-12-11/h2-4,7,9H,1,5-6,8H2. The molecule has 1 nitrogen and oxygen atoms in total. The number of fused-ring (bicyclic) bond motifs is 1. The van der Waals surface area contributed by atoms with Crippen LogP contribution in [0.4, 0.5) is 0 Å². The van der Waals surface area contributed by atoms with Crippen molar-refractivity contribution in [1.29, 1.82) is 0 Å². The van der Waals surface area contributed by atoms with Crippen LogP contribution in [0.25, 0.3) is 0 Å². The maximum Gasteiger partial charge on any atom is 0.0435 e. The van der Waals surface area contributed by atoms with Crippen LogP contribution in [-0.4, -0.2) is 4.98 Å². The lowest BCUT2D eigenvalue weighted by molar-refractivity contribution is 0.545. The van der Waals surface area contributed by atoms with E-state index in [4.69, 9.17) is 0 Å². The largest absolute Gasteiger partial charge is 0.261 e. The summed E-state index contributed by atoms with van der Waals surface area (Å²) < 4.78 is 0. The average molecular weight is 159 g/mol. The lowest BCUT2D eigenvalue weighted by Crippen LogP contribution is -2.12. The molecule has 2 rings (SSSR count). The van der Waals surface area contributed by atoms with Gasteiger partial charge >= 0.3 is 0 Å². The van der Waals surface area contributed by atoms with Crippen molar-refractivity contribution in [1.82, 2.24) is 4.98 Å². The van der Waals surface area contributed by atoms with Crippen molar-refractivity contribution < 1.29 is 0 Å². The fourth-order valence-corrected chi connectivity index (χ4v) is 1.79. The topological polar surface area (TPSA) is 12.9 Å². The first-order valence-electron chi connectivity index (χ1n) is 4.45. The zero-order valence-electron chi connectivity index (χ0n) is 7.16. The zero-order valence-corrected chi connectivity index (χ0v) is 7.16. The SMILES string of the molecule is C=CC1CCc2ncccc2C1. The predicted octanol–water partition coefficient (Wildman–Crippen LogP) is 2.37. The molecule has 1 atom stereocenters. The van der Waals surface area contributed by atoms with Crippen molar-refractivity contribution in [3.8, 4) is 0 Å². The number of hydrogen-bond donors (Lipinski definition) is 0. The molecule has 0 radical (unpaired) electrons. The third-order valence-corrected chi connectivity index (χ3v) is 2.55. The first-order chi connectivity index (χ1) is 5.90. The minimum absolute atomic E-state index is 0.668. The molecule has 0 saturated heterocycles. The monoisotopic (exact) mass is 159 g/mol. The fourth-order valence-electron chi connectivity index (χ4n) is 1.79. The van der Waals surface area contributed by atoms with E-state index >= 15 is 0 Å². The molecule has 1 aliphatic rings. The van der Waals surface area contributed by atoms with Gasteiger partial charge in [-0.1, -0.05) is 12.1 Å². The van der Waals surface area contributed by atoms with Gasteiger partial charge in [-0.3, -0.25) is 4.98 Å². The van der Waals surface area contributed by atoms with E-state index in [9.17, 15) is 0 Å². The summed E-state index contributed by atoms with van der Waals surface area (Å²) in [6.07, 6.45) is 7.41. The van der Waals surface area contributed by atoms with E-state index < -0.39 is 0 Å². The van der Waals surface area contributed by atoms with E-state index in [1.165, 1.54) is 17.7 Å². The second-order valence-corrected chi connectivity index (χ2v) is 3.35. The molecule has 1 unspecified atom stereocenters. The Labute approximate surface area is 73.1 Å². The highest BCUT2D eigenvalue weighted by atomic mass is 14.7. The molecular formula is C11H13N. The Hall–Kier alpha value is -1.11. The summed E-state index contributed by atoms with van der Waals surface area (Å²) in [4.78, 5) is 4.35. The number of nitrogens with zero attached hydrogens (tertiary/aromatic N) is 1. The number of allylic oxidation sites excluding steroid dienone is 1. The summed E-state index contributed by atoms with van der Waals surface area (Å²) in [5.74, 6) is 0.668. The van der Waals surface area contributed by atoms with Crippen LogP contribution in [0, 0.1) is 5.92 Å². The Balaban J connectivity index is 2.28. The van der Waals surface area contributed by atoms with Gasteiger partial charge in [0, 0.05) is 11.9 Å². The molecule has 0 N–H and O–H groups in total. The molecule has 0 fully saturated rings. The van der Waals surface area contributed by atoms with Gasteiger partial charge in [0.15, 0.2) is 0 Å². The predicted molar refractivity (Wildman–Crippen MR) is 49.9 cm³/mol. The van der Waals surface area contributed by atoms with Crippen molar-refractivity contribution in [3.05, 3.63) is 42.2 Å². The highest BCUT2D eigenvalue weighted by Gasteiger charge is 2.15. The van der Waals surface area contributed by atoms with Crippen LogP contribution >= 0.6 is 0 Å². The zero-order chi connectivity index (χ0) is 8.39. The summed E-state index contributed by atoms with van der Waals surface area (Å²) in [7, 11) is 0. The second kappa shape index (κ2) is 3.10. The van der Waals surface area contributed by atoms with Crippen LogP contribution in [-0.2, 0) is 12.8 Å². The smallest absolute Gasteiger partial charge is 0.0435 e. The fraction of sp³-hybridized carbons (Fsp3) is 0.364. The van der Waals surface area contributed by atoms with Gasteiger partial charge in [0.25, 0.3) is 0 Å². The van der Waals surface area contributed by atoms with Crippen LogP contribution in [0.5, 0.6) is 0 Å². The highest BCUT2D eigenvalue weighted by molar-refractivity contribution is 5.23. The van der Waals surface area contributed by atoms with Crippen LogP contribution in [0.15, 0.2) is 31.0 Å². The van der Waals surface area contributed by atoms with Crippen molar-refractivity contribution in [2.24, 2.45) is 5.92 Å². The maximum atomic E-state index is 4.35.